The molecule has 0 aliphatic heterocycles. The summed E-state index contributed by atoms with van der Waals surface area (Å²) in [5.74, 6) is 1.24. The van der Waals surface area contributed by atoms with Crippen LogP contribution in [0.1, 0.15) is 40.0 Å². The predicted octanol–water partition coefficient (Wildman–Crippen LogP) is 3.67. The lowest BCUT2D eigenvalue weighted by molar-refractivity contribution is 0.174. The van der Waals surface area contributed by atoms with E-state index in [0.29, 0.717) is 41.1 Å². The molecule has 7 heteroatoms. The molecule has 6 nitrogen and oxygen atoms in total. The van der Waals surface area contributed by atoms with E-state index in [1.54, 1.807) is 4.57 Å². The molecule has 0 atom stereocenters. The van der Waals surface area contributed by atoms with Gasteiger partial charge in [-0.3, -0.25) is 18.7 Å². The summed E-state index contributed by atoms with van der Waals surface area (Å²) in [6.07, 6.45) is 3.36. The zero-order valence-electron chi connectivity index (χ0n) is 16.3. The van der Waals surface area contributed by atoms with Crippen LogP contribution in [0.2, 0.25) is 0 Å². The van der Waals surface area contributed by atoms with E-state index < -0.39 is 0 Å². The molecular formula is C20H27N5OS. The van der Waals surface area contributed by atoms with Crippen molar-refractivity contribution in [3.8, 4) is 0 Å². The number of rotatable bonds is 7. The van der Waals surface area contributed by atoms with Crippen LogP contribution in [0.4, 0.5) is 0 Å². The van der Waals surface area contributed by atoms with Crippen molar-refractivity contribution < 1.29 is 0 Å². The third-order valence-electron chi connectivity index (χ3n) is 5.11. The van der Waals surface area contributed by atoms with Gasteiger partial charge in [-0.2, -0.15) is 0 Å². The van der Waals surface area contributed by atoms with Gasteiger partial charge in [-0.05, 0) is 49.5 Å². The van der Waals surface area contributed by atoms with E-state index in [9.17, 15) is 4.79 Å². The Morgan fingerprint density at radius 1 is 1.30 bits per heavy atom. The highest BCUT2D eigenvalue weighted by molar-refractivity contribution is 7.71. The first kappa shape index (κ1) is 18.4. The lowest BCUT2D eigenvalue weighted by Crippen LogP contribution is -2.32. The SMILES string of the molecule is CCCn1c(=O)c2ccccc2n2c(=S)n(CN(CC(C)C)C3CC3)nc12. The summed E-state index contributed by atoms with van der Waals surface area (Å²) < 4.78 is 6.27. The largest absolute Gasteiger partial charge is 0.281 e. The number of hydrogen-bond donors (Lipinski definition) is 0. The Bertz CT molecular complexity index is 1090. The summed E-state index contributed by atoms with van der Waals surface area (Å²) in [4.78, 5) is 15.5. The summed E-state index contributed by atoms with van der Waals surface area (Å²) in [5, 5.41) is 5.49. The first-order valence-electron chi connectivity index (χ1n) is 9.86. The Labute approximate surface area is 164 Å². The van der Waals surface area contributed by atoms with Gasteiger partial charge in [-0.1, -0.05) is 32.9 Å². The van der Waals surface area contributed by atoms with Gasteiger partial charge in [0.05, 0.1) is 17.6 Å². The smallest absolute Gasteiger partial charge is 0.262 e. The molecule has 0 unspecified atom stereocenters. The van der Waals surface area contributed by atoms with E-state index in [1.807, 2.05) is 33.3 Å². The predicted molar refractivity (Wildman–Crippen MR) is 111 cm³/mol. The van der Waals surface area contributed by atoms with Gasteiger partial charge in [0, 0.05) is 19.1 Å². The van der Waals surface area contributed by atoms with Crippen LogP contribution in [0.3, 0.4) is 0 Å². The molecule has 1 aromatic carbocycles. The lowest BCUT2D eigenvalue weighted by Gasteiger charge is -2.23. The Morgan fingerprint density at radius 3 is 2.70 bits per heavy atom. The second-order valence-electron chi connectivity index (χ2n) is 7.93. The fourth-order valence-electron chi connectivity index (χ4n) is 3.79. The number of fused-ring (bicyclic) bond motifs is 3. The minimum atomic E-state index is 0.00771. The average molecular weight is 386 g/mol. The number of hydrogen-bond acceptors (Lipinski definition) is 4. The van der Waals surface area contributed by atoms with E-state index >= 15 is 0 Å². The highest BCUT2D eigenvalue weighted by Gasteiger charge is 2.30. The number of benzene rings is 1. The van der Waals surface area contributed by atoms with Crippen LogP contribution >= 0.6 is 12.2 Å². The highest BCUT2D eigenvalue weighted by Crippen LogP contribution is 2.28. The van der Waals surface area contributed by atoms with Gasteiger partial charge in [0.1, 0.15) is 0 Å². The van der Waals surface area contributed by atoms with Crippen molar-refractivity contribution in [3.63, 3.8) is 0 Å². The second kappa shape index (κ2) is 7.20. The van der Waals surface area contributed by atoms with Gasteiger partial charge < -0.3 is 0 Å². The highest BCUT2D eigenvalue weighted by atomic mass is 32.1. The number of nitrogens with zero attached hydrogens (tertiary/aromatic N) is 5. The minimum Gasteiger partial charge on any atom is -0.281 e. The molecule has 0 radical (unpaired) electrons. The molecule has 0 amide bonds. The lowest BCUT2D eigenvalue weighted by atomic mass is 10.2. The van der Waals surface area contributed by atoms with Gasteiger partial charge in [-0.25, -0.2) is 4.68 Å². The van der Waals surface area contributed by atoms with Crippen LogP contribution in [-0.4, -0.2) is 36.2 Å². The Balaban J connectivity index is 1.90. The maximum Gasteiger partial charge on any atom is 0.262 e. The van der Waals surface area contributed by atoms with E-state index in [2.05, 4.69) is 25.7 Å². The van der Waals surface area contributed by atoms with Crippen LogP contribution in [-0.2, 0) is 13.2 Å². The van der Waals surface area contributed by atoms with Gasteiger partial charge >= 0.3 is 0 Å². The number of aryl methyl sites for hydroxylation is 1. The van der Waals surface area contributed by atoms with Crippen molar-refractivity contribution in [1.29, 1.82) is 0 Å². The van der Waals surface area contributed by atoms with Crippen molar-refractivity contribution >= 4 is 28.9 Å². The molecule has 27 heavy (non-hydrogen) atoms. The maximum atomic E-state index is 13.0. The maximum absolute atomic E-state index is 13.0. The van der Waals surface area contributed by atoms with Crippen molar-refractivity contribution in [1.82, 2.24) is 23.6 Å². The molecule has 0 saturated heterocycles. The summed E-state index contributed by atoms with van der Waals surface area (Å²) in [6.45, 7) is 8.90. The molecule has 4 rings (SSSR count). The molecule has 1 fully saturated rings. The molecule has 3 aromatic rings. The van der Waals surface area contributed by atoms with Gasteiger partial charge in [0.25, 0.3) is 5.56 Å². The normalized spacial score (nSPS) is 14.9. The van der Waals surface area contributed by atoms with E-state index in [0.717, 1.165) is 18.5 Å². The fraction of sp³-hybridized carbons (Fsp3) is 0.550. The Kier molecular flexibility index (Phi) is 4.90. The average Bonchev–Trinajstić information content (AvgIpc) is 3.43. The van der Waals surface area contributed by atoms with Crippen LogP contribution < -0.4 is 5.56 Å². The molecule has 1 aliphatic rings. The molecule has 2 aromatic heterocycles. The van der Waals surface area contributed by atoms with Gasteiger partial charge in [0.2, 0.25) is 10.5 Å². The fourth-order valence-corrected chi connectivity index (χ4v) is 4.07. The molecule has 2 heterocycles. The summed E-state index contributed by atoms with van der Waals surface area (Å²) in [5.41, 5.74) is 0.844. The molecule has 1 saturated carbocycles. The standard InChI is InChI=1S/C20H27N5OS/c1-4-11-23-18(26)16-7-5-6-8-17(16)25-19(23)21-24(20(25)27)13-22(12-14(2)3)15-9-10-15/h5-8,14-15H,4,9-13H2,1-3H3. The molecule has 144 valence electrons. The molecular weight excluding hydrogens is 358 g/mol. The van der Waals surface area contributed by atoms with Crippen LogP contribution in [0.5, 0.6) is 0 Å². The zero-order chi connectivity index (χ0) is 19.1. The summed E-state index contributed by atoms with van der Waals surface area (Å²) in [6, 6.07) is 8.30. The number of aromatic nitrogens is 4. The molecule has 0 N–H and O–H groups in total. The van der Waals surface area contributed by atoms with Gasteiger partial charge in [-0.15, -0.1) is 5.10 Å². The minimum absolute atomic E-state index is 0.00771. The van der Waals surface area contributed by atoms with Gasteiger partial charge in [0.15, 0.2) is 0 Å². The first-order chi connectivity index (χ1) is 13.0. The van der Waals surface area contributed by atoms with Crippen LogP contribution in [0, 0.1) is 10.7 Å². The van der Waals surface area contributed by atoms with E-state index in [-0.39, 0.29) is 5.56 Å². The summed E-state index contributed by atoms with van der Waals surface area (Å²) in [7, 11) is 0. The summed E-state index contributed by atoms with van der Waals surface area (Å²) >= 11 is 5.80. The van der Waals surface area contributed by atoms with Crippen molar-refractivity contribution in [2.45, 2.75) is 59.3 Å². The Morgan fingerprint density at radius 2 is 2.04 bits per heavy atom. The number of para-hydroxylation sites is 1. The Hall–Kier alpha value is -1.99. The second-order valence-corrected chi connectivity index (χ2v) is 8.29. The zero-order valence-corrected chi connectivity index (χ0v) is 17.1. The topological polar surface area (TPSA) is 47.5 Å². The van der Waals surface area contributed by atoms with Crippen LogP contribution in [0.25, 0.3) is 16.7 Å². The monoisotopic (exact) mass is 385 g/mol. The van der Waals surface area contributed by atoms with E-state index in [1.165, 1.54) is 12.8 Å². The molecule has 0 spiro atoms. The van der Waals surface area contributed by atoms with Crippen molar-refractivity contribution in [2.24, 2.45) is 5.92 Å². The molecule has 1 aliphatic carbocycles. The van der Waals surface area contributed by atoms with Crippen molar-refractivity contribution in [2.75, 3.05) is 6.54 Å². The van der Waals surface area contributed by atoms with E-state index in [4.69, 9.17) is 17.3 Å². The molecule has 0 bridgehead atoms. The third kappa shape index (κ3) is 3.34. The third-order valence-corrected chi connectivity index (χ3v) is 5.50. The quantitative estimate of drug-likeness (QED) is 0.582. The van der Waals surface area contributed by atoms with Crippen LogP contribution in [0.15, 0.2) is 29.1 Å². The first-order valence-corrected chi connectivity index (χ1v) is 10.3. The van der Waals surface area contributed by atoms with Crippen molar-refractivity contribution in [3.05, 3.63) is 39.4 Å².